The summed E-state index contributed by atoms with van der Waals surface area (Å²) in [5.41, 5.74) is 5.69. The summed E-state index contributed by atoms with van der Waals surface area (Å²) < 4.78 is 0. The molecular formula is C7H10N4. The lowest BCUT2D eigenvalue weighted by Gasteiger charge is -2.25. The van der Waals surface area contributed by atoms with E-state index in [0.29, 0.717) is 11.8 Å². The third kappa shape index (κ3) is 1.04. The first-order valence-corrected chi connectivity index (χ1v) is 3.71. The topological polar surface area (TPSA) is 63.1 Å². The Morgan fingerprint density at radius 1 is 1.55 bits per heavy atom. The van der Waals surface area contributed by atoms with Crippen molar-refractivity contribution in [1.29, 1.82) is 0 Å². The average molecular weight is 150 g/mol. The third-order valence-corrected chi connectivity index (χ3v) is 2.09. The quantitative estimate of drug-likeness (QED) is 0.512. The van der Waals surface area contributed by atoms with E-state index in [1.54, 1.807) is 0 Å². The van der Waals surface area contributed by atoms with Crippen LogP contribution in [0.3, 0.4) is 0 Å². The summed E-state index contributed by atoms with van der Waals surface area (Å²) in [5, 5.41) is 0. The summed E-state index contributed by atoms with van der Waals surface area (Å²) in [5.74, 6) is 1.01. The van der Waals surface area contributed by atoms with Crippen molar-refractivity contribution in [3.8, 4) is 0 Å². The Kier molecular flexibility index (Phi) is 1.45. The number of nitrogens with zero attached hydrogens (tertiary/aromatic N) is 3. The Hall–Kier alpha value is -1.19. The Labute approximate surface area is 64.9 Å². The van der Waals surface area contributed by atoms with E-state index in [1.807, 2.05) is 6.21 Å². The molecule has 2 aliphatic heterocycles. The van der Waals surface area contributed by atoms with Crippen LogP contribution in [0.15, 0.2) is 15.0 Å². The zero-order valence-corrected chi connectivity index (χ0v) is 6.14. The van der Waals surface area contributed by atoms with Crippen molar-refractivity contribution in [2.75, 3.05) is 6.54 Å². The second kappa shape index (κ2) is 2.45. The number of hydrogen-bond donors (Lipinski definition) is 1. The molecule has 0 radical (unpaired) electrons. The maximum atomic E-state index is 5.69. The summed E-state index contributed by atoms with van der Waals surface area (Å²) >= 11 is 0. The molecule has 2 heterocycles. The van der Waals surface area contributed by atoms with E-state index in [9.17, 15) is 0 Å². The van der Waals surface area contributed by atoms with Crippen LogP contribution in [-0.2, 0) is 0 Å². The predicted molar refractivity (Wildman–Crippen MR) is 45.4 cm³/mol. The molecule has 11 heavy (non-hydrogen) atoms. The summed E-state index contributed by atoms with van der Waals surface area (Å²) in [6.07, 6.45) is 4.33. The van der Waals surface area contributed by atoms with E-state index in [4.69, 9.17) is 5.73 Å². The molecule has 0 spiro atoms. The molecule has 0 saturated carbocycles. The molecule has 2 atom stereocenters. The Balaban J connectivity index is 2.25. The van der Waals surface area contributed by atoms with Crippen LogP contribution in [0.1, 0.15) is 6.42 Å². The first-order chi connectivity index (χ1) is 5.38. The van der Waals surface area contributed by atoms with Gasteiger partial charge in [-0.1, -0.05) is 0 Å². The normalized spacial score (nSPS) is 34.7. The second-order valence-electron chi connectivity index (χ2n) is 2.78. The molecule has 2 N–H and O–H groups in total. The maximum absolute atomic E-state index is 5.69. The van der Waals surface area contributed by atoms with Gasteiger partial charge in [-0.25, -0.2) is 4.99 Å². The fourth-order valence-electron chi connectivity index (χ4n) is 1.41. The van der Waals surface area contributed by atoms with Crippen molar-refractivity contribution in [3.63, 3.8) is 0 Å². The van der Waals surface area contributed by atoms with Gasteiger partial charge in [0.05, 0.1) is 12.6 Å². The van der Waals surface area contributed by atoms with Gasteiger partial charge in [0.25, 0.3) is 0 Å². The third-order valence-electron chi connectivity index (χ3n) is 2.09. The molecule has 4 nitrogen and oxygen atoms in total. The van der Waals surface area contributed by atoms with Gasteiger partial charge >= 0.3 is 0 Å². The summed E-state index contributed by atoms with van der Waals surface area (Å²) in [4.78, 5) is 12.3. The first-order valence-electron chi connectivity index (χ1n) is 3.71. The largest absolute Gasteiger partial charge is 0.387 e. The van der Waals surface area contributed by atoms with E-state index in [0.717, 1.165) is 13.0 Å². The van der Waals surface area contributed by atoms with Gasteiger partial charge < -0.3 is 5.73 Å². The number of rotatable bonds is 0. The fraction of sp³-hybridized carbons (Fsp3) is 0.571. The van der Waals surface area contributed by atoms with E-state index < -0.39 is 0 Å². The summed E-state index contributed by atoms with van der Waals surface area (Å²) in [6, 6.07) is 0.248. The molecule has 2 rings (SSSR count). The van der Waals surface area contributed by atoms with Gasteiger partial charge in [-0.05, 0) is 12.6 Å². The Morgan fingerprint density at radius 3 is 3.27 bits per heavy atom. The molecule has 2 unspecified atom stereocenters. The van der Waals surface area contributed by atoms with Crippen molar-refractivity contribution in [2.24, 2.45) is 26.6 Å². The van der Waals surface area contributed by atoms with Gasteiger partial charge in [0.15, 0.2) is 0 Å². The molecule has 0 bridgehead atoms. The maximum Gasteiger partial charge on any atom is 0.112 e. The molecule has 0 amide bonds. The van der Waals surface area contributed by atoms with Gasteiger partial charge in [-0.15, -0.1) is 0 Å². The lowest BCUT2D eigenvalue weighted by Crippen LogP contribution is -2.39. The lowest BCUT2D eigenvalue weighted by molar-refractivity contribution is 0.531. The molecule has 0 saturated heterocycles. The fourth-order valence-corrected chi connectivity index (χ4v) is 1.41. The second-order valence-corrected chi connectivity index (χ2v) is 2.78. The first kappa shape index (κ1) is 6.52. The van der Waals surface area contributed by atoms with Crippen LogP contribution >= 0.6 is 0 Å². The highest BCUT2D eigenvalue weighted by molar-refractivity contribution is 5.93. The standard InChI is InChI=1S/C7H10N4/c8-7-5-1-2-9-3-6(5)10-4-11-7/h2,4-6H,1,3H2,(H2,8,10,11). The lowest BCUT2D eigenvalue weighted by atomic mass is 9.93. The zero-order chi connectivity index (χ0) is 7.68. The van der Waals surface area contributed by atoms with Crippen molar-refractivity contribution in [3.05, 3.63) is 0 Å². The van der Waals surface area contributed by atoms with E-state index in [-0.39, 0.29) is 6.04 Å². The van der Waals surface area contributed by atoms with Gasteiger partial charge in [0.2, 0.25) is 0 Å². The van der Waals surface area contributed by atoms with E-state index in [1.165, 1.54) is 6.34 Å². The average Bonchev–Trinajstić information content (AvgIpc) is 2.06. The number of nitrogens with two attached hydrogens (primary N) is 1. The molecule has 4 heteroatoms. The molecule has 0 aliphatic carbocycles. The summed E-state index contributed by atoms with van der Waals surface area (Å²) in [7, 11) is 0. The van der Waals surface area contributed by atoms with Crippen molar-refractivity contribution in [2.45, 2.75) is 12.5 Å². The molecule has 0 aromatic heterocycles. The van der Waals surface area contributed by atoms with Gasteiger partial charge in [0.1, 0.15) is 12.2 Å². The molecular weight excluding hydrogens is 140 g/mol. The van der Waals surface area contributed by atoms with E-state index >= 15 is 0 Å². The molecule has 0 aromatic rings. The van der Waals surface area contributed by atoms with Crippen LogP contribution in [-0.4, -0.2) is 31.0 Å². The van der Waals surface area contributed by atoms with Crippen LogP contribution in [0.5, 0.6) is 0 Å². The SMILES string of the molecule is NC1=NC=NC2CN=CCC12. The Bertz CT molecular complexity index is 241. The minimum absolute atomic E-state index is 0.248. The highest BCUT2D eigenvalue weighted by Gasteiger charge is 2.27. The van der Waals surface area contributed by atoms with Crippen molar-refractivity contribution < 1.29 is 0 Å². The number of fused-ring (bicyclic) bond motifs is 1. The minimum atomic E-state index is 0.248. The van der Waals surface area contributed by atoms with Gasteiger partial charge in [-0.2, -0.15) is 0 Å². The van der Waals surface area contributed by atoms with Crippen LogP contribution in [0.25, 0.3) is 0 Å². The molecule has 0 fully saturated rings. The van der Waals surface area contributed by atoms with Crippen LogP contribution in [0.2, 0.25) is 0 Å². The minimum Gasteiger partial charge on any atom is -0.387 e. The monoisotopic (exact) mass is 150 g/mol. The molecule has 2 aliphatic rings. The van der Waals surface area contributed by atoms with Crippen LogP contribution in [0.4, 0.5) is 0 Å². The van der Waals surface area contributed by atoms with Crippen LogP contribution in [0, 0.1) is 5.92 Å². The Morgan fingerprint density at radius 2 is 2.45 bits per heavy atom. The van der Waals surface area contributed by atoms with Crippen LogP contribution < -0.4 is 5.73 Å². The number of aliphatic imine (C=N–C) groups is 3. The molecule has 58 valence electrons. The number of amidine groups is 1. The number of hydrogen-bond acceptors (Lipinski definition) is 4. The molecule has 0 aromatic carbocycles. The summed E-state index contributed by atoms with van der Waals surface area (Å²) in [6.45, 7) is 0.761. The van der Waals surface area contributed by atoms with Gasteiger partial charge in [-0.3, -0.25) is 9.98 Å². The van der Waals surface area contributed by atoms with Crippen molar-refractivity contribution in [1.82, 2.24) is 0 Å². The van der Waals surface area contributed by atoms with E-state index in [2.05, 4.69) is 15.0 Å². The highest BCUT2D eigenvalue weighted by atomic mass is 15.0. The highest BCUT2D eigenvalue weighted by Crippen LogP contribution is 2.18. The zero-order valence-electron chi connectivity index (χ0n) is 6.14. The smallest absolute Gasteiger partial charge is 0.112 e. The van der Waals surface area contributed by atoms with Crippen molar-refractivity contribution >= 4 is 18.4 Å². The van der Waals surface area contributed by atoms with Gasteiger partial charge in [0, 0.05) is 5.92 Å². The predicted octanol–water partition coefficient (Wildman–Crippen LogP) is -0.155.